The Hall–Kier alpha value is -0.460. The van der Waals surface area contributed by atoms with E-state index in [0.29, 0.717) is 6.61 Å². The minimum absolute atomic E-state index is 0.100. The maximum Gasteiger partial charge on any atom is 0.114 e. The maximum atomic E-state index is 10.1. The second kappa shape index (κ2) is 17.4. The summed E-state index contributed by atoms with van der Waals surface area (Å²) >= 11 is 0. The fraction of sp³-hybridized carbons (Fsp3) is 0.913. The average Bonchev–Trinajstić information content (AvgIpc) is 2.70. The topological polar surface area (TPSA) is 79.2 Å². The van der Waals surface area contributed by atoms with Crippen molar-refractivity contribution in [3.05, 3.63) is 12.2 Å². The summed E-state index contributed by atoms with van der Waals surface area (Å²) in [6, 6.07) is 0. The molecular formula is C23H44O5. The average molecular weight is 401 g/mol. The molecule has 0 spiro atoms. The number of rotatable bonds is 17. The Kier molecular flexibility index (Phi) is 15.9. The normalized spacial score (nSPS) is 25.6. The summed E-state index contributed by atoms with van der Waals surface area (Å²) in [6.07, 6.45) is 17.8. The van der Waals surface area contributed by atoms with Gasteiger partial charge < -0.3 is 24.8 Å². The summed E-state index contributed by atoms with van der Waals surface area (Å²) in [5, 5.41) is 29.1. The zero-order valence-corrected chi connectivity index (χ0v) is 17.9. The van der Waals surface area contributed by atoms with Gasteiger partial charge in [-0.05, 0) is 25.7 Å². The van der Waals surface area contributed by atoms with Crippen LogP contribution in [0.5, 0.6) is 0 Å². The second-order valence-electron chi connectivity index (χ2n) is 8.01. The Balaban J connectivity index is 1.86. The van der Waals surface area contributed by atoms with Crippen LogP contribution in [-0.2, 0) is 9.47 Å². The number of aliphatic hydroxyl groups is 3. The first kappa shape index (κ1) is 25.6. The van der Waals surface area contributed by atoms with Crippen molar-refractivity contribution in [2.24, 2.45) is 0 Å². The molecule has 0 unspecified atom stereocenters. The molecule has 0 aliphatic carbocycles. The standard InChI is InChI=1S/C23H44O5/c1-2-3-4-5-6-7-8-9-10-11-12-13-14-15-16-17-27-23-20(25)19-28-21(18-24)22(23)26/h3-4,20-26H,2,5-19H2,1H3/b4-3+/t20-,21+,22+,23+/m1/s1. The lowest BCUT2D eigenvalue weighted by Crippen LogP contribution is -2.55. The highest BCUT2D eigenvalue weighted by Gasteiger charge is 2.38. The van der Waals surface area contributed by atoms with E-state index in [1.807, 2.05) is 0 Å². The van der Waals surface area contributed by atoms with Gasteiger partial charge in [-0.2, -0.15) is 0 Å². The van der Waals surface area contributed by atoms with Gasteiger partial charge in [0, 0.05) is 6.61 Å². The van der Waals surface area contributed by atoms with E-state index in [0.717, 1.165) is 19.3 Å². The summed E-state index contributed by atoms with van der Waals surface area (Å²) in [5.74, 6) is 0. The number of aliphatic hydroxyl groups excluding tert-OH is 3. The third kappa shape index (κ3) is 11.5. The van der Waals surface area contributed by atoms with Gasteiger partial charge in [0.15, 0.2) is 0 Å². The lowest BCUT2D eigenvalue weighted by atomic mass is 10.0. The van der Waals surface area contributed by atoms with E-state index >= 15 is 0 Å². The molecule has 5 nitrogen and oxygen atoms in total. The van der Waals surface area contributed by atoms with Crippen LogP contribution in [0.4, 0.5) is 0 Å². The van der Waals surface area contributed by atoms with Crippen molar-refractivity contribution < 1.29 is 24.8 Å². The molecule has 0 aromatic heterocycles. The molecule has 1 fully saturated rings. The molecule has 0 aromatic rings. The molecule has 4 atom stereocenters. The molecule has 0 saturated carbocycles. The molecule has 1 saturated heterocycles. The third-order valence-corrected chi connectivity index (χ3v) is 5.49. The summed E-state index contributed by atoms with van der Waals surface area (Å²) in [7, 11) is 0. The van der Waals surface area contributed by atoms with Gasteiger partial charge in [0.1, 0.15) is 24.4 Å². The molecule has 0 amide bonds. The zero-order valence-electron chi connectivity index (χ0n) is 17.9. The Morgan fingerprint density at radius 3 is 2.00 bits per heavy atom. The van der Waals surface area contributed by atoms with Crippen molar-refractivity contribution in [2.75, 3.05) is 19.8 Å². The van der Waals surface area contributed by atoms with Crippen LogP contribution in [0.15, 0.2) is 12.2 Å². The Labute approximate surface area is 172 Å². The molecule has 0 radical (unpaired) electrons. The Morgan fingerprint density at radius 2 is 1.43 bits per heavy atom. The predicted octanol–water partition coefficient (Wildman–Crippen LogP) is 4.13. The van der Waals surface area contributed by atoms with E-state index in [1.54, 1.807) is 0 Å². The third-order valence-electron chi connectivity index (χ3n) is 5.49. The molecule has 28 heavy (non-hydrogen) atoms. The molecule has 166 valence electrons. The van der Waals surface area contributed by atoms with Crippen molar-refractivity contribution in [3.63, 3.8) is 0 Å². The van der Waals surface area contributed by atoms with Crippen LogP contribution in [-0.4, -0.2) is 59.6 Å². The summed E-state index contributed by atoms with van der Waals surface area (Å²) < 4.78 is 10.8. The Bertz CT molecular complexity index is 374. The van der Waals surface area contributed by atoms with E-state index in [1.165, 1.54) is 64.2 Å². The number of unbranched alkanes of at least 4 members (excludes halogenated alkanes) is 11. The first-order chi connectivity index (χ1) is 13.7. The van der Waals surface area contributed by atoms with E-state index in [4.69, 9.17) is 14.6 Å². The van der Waals surface area contributed by atoms with E-state index in [2.05, 4.69) is 19.1 Å². The minimum atomic E-state index is -0.971. The second-order valence-corrected chi connectivity index (χ2v) is 8.01. The molecule has 1 aliphatic rings. The van der Waals surface area contributed by atoms with Gasteiger partial charge in [-0.1, -0.05) is 76.9 Å². The SMILES string of the molecule is CC/C=C/CCCCCCCCCCCCCO[C@@H]1[C@@H](O)[C@H](CO)OC[C@H]1O. The predicted molar refractivity (Wildman–Crippen MR) is 113 cm³/mol. The maximum absolute atomic E-state index is 10.1. The van der Waals surface area contributed by atoms with Crippen LogP contribution >= 0.6 is 0 Å². The van der Waals surface area contributed by atoms with Gasteiger partial charge in [-0.3, -0.25) is 0 Å². The molecule has 3 N–H and O–H groups in total. The van der Waals surface area contributed by atoms with Crippen LogP contribution in [0.25, 0.3) is 0 Å². The summed E-state index contributed by atoms with van der Waals surface area (Å²) in [5.41, 5.74) is 0. The molecule has 0 bridgehead atoms. The lowest BCUT2D eigenvalue weighted by molar-refractivity contribution is -0.210. The van der Waals surface area contributed by atoms with Gasteiger partial charge in [0.25, 0.3) is 0 Å². The highest BCUT2D eigenvalue weighted by atomic mass is 16.6. The number of hydrogen-bond donors (Lipinski definition) is 3. The summed E-state index contributed by atoms with van der Waals surface area (Å²) in [6.45, 7) is 2.55. The molecular weight excluding hydrogens is 356 g/mol. The molecule has 0 aromatic carbocycles. The first-order valence-corrected chi connectivity index (χ1v) is 11.6. The van der Waals surface area contributed by atoms with E-state index in [-0.39, 0.29) is 13.2 Å². The zero-order chi connectivity index (χ0) is 20.5. The molecule has 5 heteroatoms. The number of allylic oxidation sites excluding steroid dienone is 2. The largest absolute Gasteiger partial charge is 0.394 e. The van der Waals surface area contributed by atoms with Gasteiger partial charge in [0.05, 0.1) is 13.2 Å². The smallest absolute Gasteiger partial charge is 0.114 e. The monoisotopic (exact) mass is 400 g/mol. The molecule has 1 aliphatic heterocycles. The van der Waals surface area contributed by atoms with Crippen LogP contribution in [0, 0.1) is 0 Å². The number of hydrogen-bond acceptors (Lipinski definition) is 5. The van der Waals surface area contributed by atoms with Crippen LogP contribution in [0.1, 0.15) is 90.4 Å². The first-order valence-electron chi connectivity index (χ1n) is 11.6. The highest BCUT2D eigenvalue weighted by Crippen LogP contribution is 2.19. The van der Waals surface area contributed by atoms with Crippen molar-refractivity contribution in [1.82, 2.24) is 0 Å². The van der Waals surface area contributed by atoms with Crippen molar-refractivity contribution in [1.29, 1.82) is 0 Å². The number of ether oxygens (including phenoxy) is 2. The molecule has 1 rings (SSSR count). The Morgan fingerprint density at radius 1 is 0.857 bits per heavy atom. The van der Waals surface area contributed by atoms with Gasteiger partial charge in [-0.15, -0.1) is 0 Å². The van der Waals surface area contributed by atoms with Crippen molar-refractivity contribution in [3.8, 4) is 0 Å². The van der Waals surface area contributed by atoms with Crippen molar-refractivity contribution >= 4 is 0 Å². The van der Waals surface area contributed by atoms with Crippen LogP contribution in [0.2, 0.25) is 0 Å². The van der Waals surface area contributed by atoms with Crippen LogP contribution in [0.3, 0.4) is 0 Å². The van der Waals surface area contributed by atoms with Gasteiger partial charge in [-0.25, -0.2) is 0 Å². The van der Waals surface area contributed by atoms with E-state index < -0.39 is 24.4 Å². The fourth-order valence-electron chi connectivity index (χ4n) is 3.68. The van der Waals surface area contributed by atoms with E-state index in [9.17, 15) is 10.2 Å². The van der Waals surface area contributed by atoms with Crippen LogP contribution < -0.4 is 0 Å². The minimum Gasteiger partial charge on any atom is -0.394 e. The highest BCUT2D eigenvalue weighted by molar-refractivity contribution is 4.87. The summed E-state index contributed by atoms with van der Waals surface area (Å²) in [4.78, 5) is 0. The quantitative estimate of drug-likeness (QED) is 0.253. The van der Waals surface area contributed by atoms with Crippen molar-refractivity contribution in [2.45, 2.75) is 115 Å². The lowest BCUT2D eigenvalue weighted by Gasteiger charge is -2.37. The molecule has 1 heterocycles. The van der Waals surface area contributed by atoms with Gasteiger partial charge in [0.2, 0.25) is 0 Å². The fourth-order valence-corrected chi connectivity index (χ4v) is 3.68. The van der Waals surface area contributed by atoms with Gasteiger partial charge >= 0.3 is 0 Å².